The second-order valence-corrected chi connectivity index (χ2v) is 2.92. The molecular formula is C10H14O2. The maximum atomic E-state index is 9.52. The quantitative estimate of drug-likeness (QED) is 0.706. The molecule has 1 aromatic carbocycles. The summed E-state index contributed by atoms with van der Waals surface area (Å²) in [5.74, 6) is 0.250. The molecule has 0 aliphatic rings. The van der Waals surface area contributed by atoms with Crippen LogP contribution in [0.1, 0.15) is 30.6 Å². The van der Waals surface area contributed by atoms with Gasteiger partial charge in [-0.25, -0.2) is 0 Å². The maximum Gasteiger partial charge on any atom is 0.118 e. The summed E-state index contributed by atoms with van der Waals surface area (Å²) in [6, 6.07) is 5.21. The van der Waals surface area contributed by atoms with E-state index in [1.807, 2.05) is 19.9 Å². The van der Waals surface area contributed by atoms with Gasteiger partial charge in [0.05, 0.1) is 6.10 Å². The summed E-state index contributed by atoms with van der Waals surface area (Å²) < 4.78 is 0. The third-order valence-corrected chi connectivity index (χ3v) is 2.09. The van der Waals surface area contributed by atoms with Gasteiger partial charge >= 0.3 is 0 Å². The van der Waals surface area contributed by atoms with Crippen LogP contribution in [-0.4, -0.2) is 10.2 Å². The van der Waals surface area contributed by atoms with Crippen molar-refractivity contribution in [2.45, 2.75) is 26.4 Å². The second-order valence-electron chi connectivity index (χ2n) is 2.92. The van der Waals surface area contributed by atoms with Gasteiger partial charge in [0, 0.05) is 0 Å². The highest BCUT2D eigenvalue weighted by Gasteiger charge is 2.09. The highest BCUT2D eigenvalue weighted by atomic mass is 16.3. The zero-order chi connectivity index (χ0) is 9.14. The Labute approximate surface area is 72.5 Å². The van der Waals surface area contributed by atoms with Gasteiger partial charge < -0.3 is 10.2 Å². The van der Waals surface area contributed by atoms with E-state index in [0.29, 0.717) is 6.42 Å². The zero-order valence-electron chi connectivity index (χ0n) is 7.41. The molecule has 2 heteroatoms. The molecule has 0 bridgehead atoms. The summed E-state index contributed by atoms with van der Waals surface area (Å²) in [5, 5.41) is 18.9. The lowest BCUT2D eigenvalue weighted by atomic mass is 10.0. The van der Waals surface area contributed by atoms with Gasteiger partial charge in [0.25, 0.3) is 0 Å². The smallest absolute Gasteiger partial charge is 0.118 e. The van der Waals surface area contributed by atoms with E-state index in [-0.39, 0.29) is 5.75 Å². The van der Waals surface area contributed by atoms with Crippen molar-refractivity contribution < 1.29 is 10.2 Å². The molecule has 0 saturated carbocycles. The normalized spacial score (nSPS) is 12.9. The van der Waals surface area contributed by atoms with Crippen molar-refractivity contribution in [1.29, 1.82) is 0 Å². The van der Waals surface area contributed by atoms with Gasteiger partial charge in [-0.1, -0.05) is 19.1 Å². The van der Waals surface area contributed by atoms with Crippen molar-refractivity contribution in [3.8, 4) is 5.75 Å². The minimum atomic E-state index is -0.461. The Balaban J connectivity index is 3.07. The second kappa shape index (κ2) is 3.59. The predicted octanol–water partition coefficient (Wildman–Crippen LogP) is 2.14. The van der Waals surface area contributed by atoms with E-state index >= 15 is 0 Å². The number of aromatic hydroxyl groups is 1. The molecule has 0 radical (unpaired) electrons. The number of benzene rings is 1. The lowest BCUT2D eigenvalue weighted by Crippen LogP contribution is -1.97. The summed E-state index contributed by atoms with van der Waals surface area (Å²) in [4.78, 5) is 0. The van der Waals surface area contributed by atoms with E-state index in [1.54, 1.807) is 12.1 Å². The van der Waals surface area contributed by atoms with Gasteiger partial charge in [-0.15, -0.1) is 0 Å². The van der Waals surface area contributed by atoms with E-state index in [1.165, 1.54) is 0 Å². The van der Waals surface area contributed by atoms with Gasteiger partial charge in [-0.05, 0) is 30.5 Å². The Morgan fingerprint density at radius 1 is 1.42 bits per heavy atom. The number of aliphatic hydroxyl groups excluding tert-OH is 1. The number of hydrogen-bond acceptors (Lipinski definition) is 2. The van der Waals surface area contributed by atoms with Gasteiger partial charge in [0.15, 0.2) is 0 Å². The van der Waals surface area contributed by atoms with Crippen molar-refractivity contribution in [3.63, 3.8) is 0 Å². The Hall–Kier alpha value is -1.02. The van der Waals surface area contributed by atoms with Crippen molar-refractivity contribution in [3.05, 3.63) is 29.3 Å². The molecule has 0 fully saturated rings. The van der Waals surface area contributed by atoms with E-state index in [2.05, 4.69) is 0 Å². The van der Waals surface area contributed by atoms with Crippen molar-refractivity contribution in [1.82, 2.24) is 0 Å². The topological polar surface area (TPSA) is 40.5 Å². The lowest BCUT2D eigenvalue weighted by Gasteiger charge is -2.11. The zero-order valence-corrected chi connectivity index (χ0v) is 7.41. The van der Waals surface area contributed by atoms with Gasteiger partial charge in [-0.2, -0.15) is 0 Å². The fourth-order valence-electron chi connectivity index (χ4n) is 1.22. The summed E-state index contributed by atoms with van der Waals surface area (Å²) in [5.41, 5.74) is 1.59. The van der Waals surface area contributed by atoms with Crippen LogP contribution in [0, 0.1) is 6.92 Å². The van der Waals surface area contributed by atoms with E-state index in [4.69, 9.17) is 0 Å². The largest absolute Gasteiger partial charge is 0.508 e. The summed E-state index contributed by atoms with van der Waals surface area (Å²) in [7, 11) is 0. The number of hydrogen-bond donors (Lipinski definition) is 2. The van der Waals surface area contributed by atoms with Crippen molar-refractivity contribution >= 4 is 0 Å². The van der Waals surface area contributed by atoms with E-state index in [9.17, 15) is 10.2 Å². The molecule has 1 rings (SSSR count). The van der Waals surface area contributed by atoms with E-state index in [0.717, 1.165) is 11.1 Å². The van der Waals surface area contributed by atoms with Crippen LogP contribution in [0.2, 0.25) is 0 Å². The number of phenolic OH excluding ortho intramolecular Hbond substituents is 1. The molecule has 0 saturated heterocycles. The van der Waals surface area contributed by atoms with Crippen LogP contribution in [0.15, 0.2) is 18.2 Å². The molecule has 1 aromatic rings. The summed E-state index contributed by atoms with van der Waals surface area (Å²) in [6.07, 6.45) is 0.210. The molecule has 0 spiro atoms. The molecule has 66 valence electrons. The first kappa shape index (κ1) is 9.07. The molecule has 0 aromatic heterocycles. The number of rotatable bonds is 2. The third kappa shape index (κ3) is 1.59. The average Bonchev–Trinajstić information content (AvgIpc) is 2.08. The standard InChI is InChI=1S/C10H14O2/c1-3-9(11)8-5-4-6-10(12)7(8)2/h4-6,9,11-12H,3H2,1-2H3. The van der Waals surface area contributed by atoms with Crippen LogP contribution in [0.3, 0.4) is 0 Å². The first-order valence-corrected chi connectivity index (χ1v) is 4.13. The maximum absolute atomic E-state index is 9.52. The Kier molecular flexibility index (Phi) is 2.71. The average molecular weight is 166 g/mol. The van der Waals surface area contributed by atoms with Crippen LogP contribution in [-0.2, 0) is 0 Å². The molecule has 2 nitrogen and oxygen atoms in total. The first-order valence-electron chi connectivity index (χ1n) is 4.13. The highest BCUT2D eigenvalue weighted by Crippen LogP contribution is 2.26. The third-order valence-electron chi connectivity index (χ3n) is 2.09. The first-order chi connectivity index (χ1) is 5.66. The van der Waals surface area contributed by atoms with Crippen LogP contribution >= 0.6 is 0 Å². The number of aliphatic hydroxyl groups is 1. The van der Waals surface area contributed by atoms with Gasteiger partial charge in [0.2, 0.25) is 0 Å². The molecule has 2 N–H and O–H groups in total. The predicted molar refractivity (Wildman–Crippen MR) is 48.1 cm³/mol. The molecular weight excluding hydrogens is 152 g/mol. The molecule has 0 aliphatic heterocycles. The Morgan fingerprint density at radius 3 is 2.67 bits per heavy atom. The summed E-state index contributed by atoms with van der Waals surface area (Å²) in [6.45, 7) is 3.72. The van der Waals surface area contributed by atoms with E-state index < -0.39 is 6.10 Å². The highest BCUT2D eigenvalue weighted by molar-refractivity contribution is 5.39. The van der Waals surface area contributed by atoms with Gasteiger partial charge in [0.1, 0.15) is 5.75 Å². The molecule has 12 heavy (non-hydrogen) atoms. The molecule has 0 heterocycles. The van der Waals surface area contributed by atoms with Crippen LogP contribution in [0.5, 0.6) is 5.75 Å². The molecule has 1 unspecified atom stereocenters. The SMILES string of the molecule is CCC(O)c1cccc(O)c1C. The fourth-order valence-corrected chi connectivity index (χ4v) is 1.22. The minimum Gasteiger partial charge on any atom is -0.508 e. The molecule has 1 atom stereocenters. The van der Waals surface area contributed by atoms with Gasteiger partial charge in [-0.3, -0.25) is 0 Å². The lowest BCUT2D eigenvalue weighted by molar-refractivity contribution is 0.172. The minimum absolute atomic E-state index is 0.250. The monoisotopic (exact) mass is 166 g/mol. The van der Waals surface area contributed by atoms with Crippen LogP contribution < -0.4 is 0 Å². The van der Waals surface area contributed by atoms with Crippen molar-refractivity contribution in [2.24, 2.45) is 0 Å². The van der Waals surface area contributed by atoms with Crippen molar-refractivity contribution in [2.75, 3.05) is 0 Å². The van der Waals surface area contributed by atoms with Crippen LogP contribution in [0.4, 0.5) is 0 Å². The van der Waals surface area contributed by atoms with Crippen LogP contribution in [0.25, 0.3) is 0 Å². The Bertz CT molecular complexity index is 269. The molecule has 0 amide bonds. The Morgan fingerprint density at radius 2 is 2.08 bits per heavy atom. The molecule has 0 aliphatic carbocycles. The number of phenols is 1. The fraction of sp³-hybridized carbons (Fsp3) is 0.400. The summed E-state index contributed by atoms with van der Waals surface area (Å²) >= 11 is 0.